The molecule has 2 N–H and O–H groups in total. The number of likely N-dealkylation sites (tertiary alicyclic amines) is 1. The molecule has 1 amide bonds. The van der Waals surface area contributed by atoms with Crippen molar-refractivity contribution in [1.82, 2.24) is 14.9 Å². The molecular formula is C22H20FN3O3. The van der Waals surface area contributed by atoms with Gasteiger partial charge in [0.2, 0.25) is 0 Å². The molecule has 1 aromatic heterocycles. The molecule has 148 valence electrons. The van der Waals surface area contributed by atoms with E-state index in [1.807, 2.05) is 11.0 Å². The fourth-order valence-corrected chi connectivity index (χ4v) is 4.79. The second-order valence-corrected chi connectivity index (χ2v) is 8.36. The molecule has 0 bridgehead atoms. The van der Waals surface area contributed by atoms with Crippen LogP contribution in [-0.4, -0.2) is 44.9 Å². The number of imidazole rings is 1. The first-order chi connectivity index (χ1) is 13.9. The van der Waals surface area contributed by atoms with E-state index in [1.54, 1.807) is 24.3 Å². The van der Waals surface area contributed by atoms with E-state index in [1.165, 1.54) is 12.1 Å². The Balaban J connectivity index is 1.28. The highest BCUT2D eigenvalue weighted by Gasteiger charge is 2.53. The number of nitrogens with one attached hydrogen (secondary N) is 1. The topological polar surface area (TPSA) is 86.3 Å². The van der Waals surface area contributed by atoms with Crippen molar-refractivity contribution in [2.24, 2.45) is 11.3 Å². The molecule has 0 unspecified atom stereocenters. The predicted molar refractivity (Wildman–Crippen MR) is 105 cm³/mol. The van der Waals surface area contributed by atoms with Gasteiger partial charge in [-0.25, -0.2) is 9.37 Å². The second kappa shape index (κ2) is 6.40. The number of aromatic amines is 1. The molecule has 1 saturated carbocycles. The lowest BCUT2D eigenvalue weighted by Crippen LogP contribution is -2.63. The van der Waals surface area contributed by atoms with Crippen LogP contribution in [0.15, 0.2) is 42.5 Å². The van der Waals surface area contributed by atoms with Crippen LogP contribution in [0.2, 0.25) is 0 Å². The van der Waals surface area contributed by atoms with Crippen LogP contribution in [0.4, 0.5) is 4.39 Å². The Hall–Kier alpha value is -3.22. The maximum atomic E-state index is 13.1. The molecule has 0 atom stereocenters. The molecule has 2 heterocycles. The third-order valence-corrected chi connectivity index (χ3v) is 6.09. The van der Waals surface area contributed by atoms with E-state index in [2.05, 4.69) is 9.97 Å². The molecule has 1 spiro atoms. The number of benzene rings is 2. The molecule has 6 nitrogen and oxygen atoms in total. The van der Waals surface area contributed by atoms with Crippen LogP contribution in [0.1, 0.15) is 29.6 Å². The number of aliphatic carboxylic acids is 1. The molecule has 7 heteroatoms. The minimum Gasteiger partial charge on any atom is -0.481 e. The van der Waals surface area contributed by atoms with Gasteiger partial charge in [-0.15, -0.1) is 0 Å². The number of carbonyl (C=O) groups excluding carboxylic acids is 1. The van der Waals surface area contributed by atoms with Crippen LogP contribution in [-0.2, 0) is 4.79 Å². The van der Waals surface area contributed by atoms with E-state index < -0.39 is 5.97 Å². The zero-order valence-electron chi connectivity index (χ0n) is 15.7. The van der Waals surface area contributed by atoms with E-state index in [9.17, 15) is 14.0 Å². The number of carboxylic acids is 1. The van der Waals surface area contributed by atoms with Gasteiger partial charge in [0.25, 0.3) is 5.91 Å². The Bertz CT molecular complexity index is 1110. The average Bonchev–Trinajstić information content (AvgIpc) is 3.05. The summed E-state index contributed by atoms with van der Waals surface area (Å²) in [6.45, 7) is 1.40. The zero-order chi connectivity index (χ0) is 20.2. The Morgan fingerprint density at radius 2 is 1.90 bits per heavy atom. The van der Waals surface area contributed by atoms with Crippen LogP contribution in [0.3, 0.4) is 0 Å². The fraction of sp³-hybridized carbons (Fsp3) is 0.318. The van der Waals surface area contributed by atoms with Crippen molar-refractivity contribution in [3.05, 3.63) is 53.8 Å². The molecule has 0 radical (unpaired) electrons. The quantitative estimate of drug-likeness (QED) is 0.708. The fourth-order valence-electron chi connectivity index (χ4n) is 4.79. The van der Waals surface area contributed by atoms with E-state index in [0.717, 1.165) is 29.4 Å². The molecule has 1 aliphatic heterocycles. The van der Waals surface area contributed by atoms with E-state index in [-0.39, 0.29) is 29.5 Å². The number of hydrogen-bond donors (Lipinski definition) is 2. The first-order valence-corrected chi connectivity index (χ1v) is 9.68. The largest absolute Gasteiger partial charge is 0.481 e. The van der Waals surface area contributed by atoms with Gasteiger partial charge in [0.05, 0.1) is 11.0 Å². The van der Waals surface area contributed by atoms with E-state index >= 15 is 0 Å². The molecule has 3 aromatic rings. The summed E-state index contributed by atoms with van der Waals surface area (Å²) in [7, 11) is 0. The van der Waals surface area contributed by atoms with Crippen molar-refractivity contribution >= 4 is 22.9 Å². The van der Waals surface area contributed by atoms with Crippen LogP contribution >= 0.6 is 0 Å². The summed E-state index contributed by atoms with van der Waals surface area (Å²) in [5.41, 5.74) is 3.01. The van der Waals surface area contributed by atoms with Crippen molar-refractivity contribution in [2.75, 3.05) is 13.1 Å². The number of H-pyrrole nitrogens is 1. The lowest BCUT2D eigenvalue weighted by Gasteiger charge is -2.59. The van der Waals surface area contributed by atoms with Gasteiger partial charge in [0.1, 0.15) is 11.6 Å². The van der Waals surface area contributed by atoms with Crippen LogP contribution in [0, 0.1) is 17.2 Å². The standard InChI is InChI=1S/C22H20FN3O3/c23-16-4-1-14(2-5-16)20-24-17-6-3-15(8-18(17)25-20)21(29)26-11-22(12-26)9-13(10-22)7-19(27)28/h1-6,8,13H,7,9-12H2,(H,24,25)(H,27,28). The maximum Gasteiger partial charge on any atom is 0.303 e. The first kappa shape index (κ1) is 17.8. The van der Waals surface area contributed by atoms with Crippen molar-refractivity contribution < 1.29 is 19.1 Å². The number of nitrogens with zero attached hydrogens (tertiary/aromatic N) is 2. The van der Waals surface area contributed by atoms with Crippen LogP contribution < -0.4 is 0 Å². The predicted octanol–water partition coefficient (Wildman–Crippen LogP) is 3.70. The first-order valence-electron chi connectivity index (χ1n) is 9.68. The summed E-state index contributed by atoms with van der Waals surface area (Å²) in [4.78, 5) is 33.2. The summed E-state index contributed by atoms with van der Waals surface area (Å²) in [5.74, 6) is -0.185. The van der Waals surface area contributed by atoms with Crippen molar-refractivity contribution in [3.8, 4) is 11.4 Å². The van der Waals surface area contributed by atoms with E-state index in [4.69, 9.17) is 5.11 Å². The van der Waals surface area contributed by atoms with Crippen LogP contribution in [0.5, 0.6) is 0 Å². The molecular weight excluding hydrogens is 373 g/mol. The smallest absolute Gasteiger partial charge is 0.303 e. The maximum absolute atomic E-state index is 13.1. The van der Waals surface area contributed by atoms with Gasteiger partial charge >= 0.3 is 5.97 Å². The highest BCUT2D eigenvalue weighted by atomic mass is 19.1. The second-order valence-electron chi connectivity index (χ2n) is 8.36. The van der Waals surface area contributed by atoms with Crippen molar-refractivity contribution in [1.29, 1.82) is 0 Å². The highest BCUT2D eigenvalue weighted by molar-refractivity contribution is 5.98. The summed E-state index contributed by atoms with van der Waals surface area (Å²) < 4.78 is 13.1. The Kier molecular flexibility index (Phi) is 3.94. The minimum atomic E-state index is -0.745. The number of carbonyl (C=O) groups is 2. The summed E-state index contributed by atoms with van der Waals surface area (Å²) >= 11 is 0. The Morgan fingerprint density at radius 1 is 1.17 bits per heavy atom. The number of fused-ring (bicyclic) bond motifs is 1. The molecule has 1 saturated heterocycles. The van der Waals surface area contributed by atoms with Gasteiger partial charge in [-0.1, -0.05) is 0 Å². The van der Waals surface area contributed by atoms with E-state index in [0.29, 0.717) is 24.5 Å². The van der Waals surface area contributed by atoms with Gasteiger partial charge in [-0.3, -0.25) is 9.59 Å². The molecule has 5 rings (SSSR count). The van der Waals surface area contributed by atoms with Gasteiger partial charge in [0, 0.05) is 36.1 Å². The molecule has 2 aromatic carbocycles. The minimum absolute atomic E-state index is 0.0165. The Labute approximate surface area is 166 Å². The van der Waals surface area contributed by atoms with Crippen LogP contribution in [0.25, 0.3) is 22.4 Å². The molecule has 29 heavy (non-hydrogen) atoms. The van der Waals surface area contributed by atoms with Crippen molar-refractivity contribution in [3.63, 3.8) is 0 Å². The summed E-state index contributed by atoms with van der Waals surface area (Å²) in [6, 6.07) is 11.5. The summed E-state index contributed by atoms with van der Waals surface area (Å²) in [6.07, 6.45) is 2.01. The monoisotopic (exact) mass is 393 g/mol. The Morgan fingerprint density at radius 3 is 2.59 bits per heavy atom. The average molecular weight is 393 g/mol. The van der Waals surface area contributed by atoms with Crippen molar-refractivity contribution in [2.45, 2.75) is 19.3 Å². The highest BCUT2D eigenvalue weighted by Crippen LogP contribution is 2.53. The number of carboxylic acid groups (broad SMARTS) is 1. The third-order valence-electron chi connectivity index (χ3n) is 6.09. The lowest BCUT2D eigenvalue weighted by molar-refractivity contribution is -0.143. The number of halogens is 1. The van der Waals surface area contributed by atoms with Gasteiger partial charge in [-0.2, -0.15) is 0 Å². The summed E-state index contributed by atoms with van der Waals surface area (Å²) in [5, 5.41) is 8.88. The SMILES string of the molecule is O=C(O)CC1CC2(C1)CN(C(=O)c1ccc3nc(-c4ccc(F)cc4)[nH]c3c1)C2. The van der Waals surface area contributed by atoms with Gasteiger partial charge in [-0.05, 0) is 61.2 Å². The zero-order valence-corrected chi connectivity index (χ0v) is 15.7. The third kappa shape index (κ3) is 3.16. The molecule has 2 fully saturated rings. The van der Waals surface area contributed by atoms with Gasteiger partial charge < -0.3 is 15.0 Å². The van der Waals surface area contributed by atoms with Gasteiger partial charge in [0.15, 0.2) is 0 Å². The molecule has 2 aliphatic rings. The number of amides is 1. The number of aromatic nitrogens is 2. The number of hydrogen-bond acceptors (Lipinski definition) is 3. The number of rotatable bonds is 4. The molecule has 1 aliphatic carbocycles. The lowest BCUT2D eigenvalue weighted by atomic mass is 9.57. The normalized spacial score (nSPS) is 17.9.